The Kier molecular flexibility index (Phi) is 4.31. The lowest BCUT2D eigenvalue weighted by Gasteiger charge is -2.10. The van der Waals surface area contributed by atoms with E-state index in [0.29, 0.717) is 11.5 Å². The molecule has 3 N–H and O–H groups in total. The highest BCUT2D eigenvalue weighted by Crippen LogP contribution is 2.24. The maximum Gasteiger partial charge on any atom is 0.223 e. The van der Waals surface area contributed by atoms with Gasteiger partial charge in [-0.05, 0) is 24.5 Å². The molecule has 1 aromatic carbocycles. The SMILES string of the molecule is NC(=S)c1cccc(CNC(=O)C2CCCC2)c1. The Morgan fingerprint density at radius 3 is 2.78 bits per heavy atom. The van der Waals surface area contributed by atoms with Gasteiger partial charge in [-0.15, -0.1) is 0 Å². The van der Waals surface area contributed by atoms with Crippen molar-refractivity contribution < 1.29 is 4.79 Å². The molecule has 0 atom stereocenters. The van der Waals surface area contributed by atoms with Gasteiger partial charge in [0.15, 0.2) is 0 Å². The molecule has 96 valence electrons. The second-order valence-corrected chi connectivity index (χ2v) is 5.20. The largest absolute Gasteiger partial charge is 0.389 e. The minimum atomic E-state index is 0.174. The Balaban J connectivity index is 1.91. The molecule has 0 heterocycles. The van der Waals surface area contributed by atoms with Gasteiger partial charge in [-0.2, -0.15) is 0 Å². The number of hydrogen-bond acceptors (Lipinski definition) is 2. The van der Waals surface area contributed by atoms with Crippen LogP contribution in [0.15, 0.2) is 24.3 Å². The van der Waals surface area contributed by atoms with Gasteiger partial charge in [-0.1, -0.05) is 43.3 Å². The number of carbonyl (C=O) groups excluding carboxylic acids is 1. The van der Waals surface area contributed by atoms with E-state index in [1.807, 2.05) is 24.3 Å². The molecule has 1 aliphatic rings. The van der Waals surface area contributed by atoms with Gasteiger partial charge in [-0.3, -0.25) is 4.79 Å². The summed E-state index contributed by atoms with van der Waals surface area (Å²) in [6.07, 6.45) is 4.40. The summed E-state index contributed by atoms with van der Waals surface area (Å²) in [6.45, 7) is 0.547. The molecule has 0 aromatic heterocycles. The summed E-state index contributed by atoms with van der Waals surface area (Å²) in [5.41, 5.74) is 7.46. The quantitative estimate of drug-likeness (QED) is 0.817. The predicted molar refractivity (Wildman–Crippen MR) is 76.1 cm³/mol. The second kappa shape index (κ2) is 5.96. The maximum absolute atomic E-state index is 11.9. The van der Waals surface area contributed by atoms with Crippen LogP contribution in [0.5, 0.6) is 0 Å². The first kappa shape index (κ1) is 13.0. The fraction of sp³-hybridized carbons (Fsp3) is 0.429. The first-order valence-electron chi connectivity index (χ1n) is 6.33. The van der Waals surface area contributed by atoms with Crippen molar-refractivity contribution >= 4 is 23.1 Å². The number of nitrogens with two attached hydrogens (primary N) is 1. The highest BCUT2D eigenvalue weighted by Gasteiger charge is 2.21. The highest BCUT2D eigenvalue weighted by atomic mass is 32.1. The van der Waals surface area contributed by atoms with Crippen molar-refractivity contribution in [2.75, 3.05) is 0 Å². The standard InChI is InChI=1S/C14H18N2OS/c15-13(18)12-7-3-4-10(8-12)9-16-14(17)11-5-1-2-6-11/h3-4,7-8,11H,1-2,5-6,9H2,(H2,15,18)(H,16,17). The van der Waals surface area contributed by atoms with E-state index in [-0.39, 0.29) is 11.8 Å². The van der Waals surface area contributed by atoms with Gasteiger partial charge < -0.3 is 11.1 Å². The third-order valence-electron chi connectivity index (χ3n) is 3.40. The third-order valence-corrected chi connectivity index (χ3v) is 3.64. The summed E-state index contributed by atoms with van der Waals surface area (Å²) in [7, 11) is 0. The summed E-state index contributed by atoms with van der Waals surface area (Å²) in [6, 6.07) is 7.68. The first-order valence-corrected chi connectivity index (χ1v) is 6.74. The van der Waals surface area contributed by atoms with Gasteiger partial charge in [0.25, 0.3) is 0 Å². The molecule has 2 rings (SSSR count). The summed E-state index contributed by atoms with van der Waals surface area (Å²) in [5.74, 6) is 0.386. The third kappa shape index (κ3) is 3.29. The molecule has 0 radical (unpaired) electrons. The van der Waals surface area contributed by atoms with Crippen LogP contribution in [0.4, 0.5) is 0 Å². The lowest BCUT2D eigenvalue weighted by atomic mass is 10.1. The van der Waals surface area contributed by atoms with E-state index in [9.17, 15) is 4.79 Å². The van der Waals surface area contributed by atoms with Gasteiger partial charge in [0.05, 0.1) is 0 Å². The number of amides is 1. The second-order valence-electron chi connectivity index (χ2n) is 4.76. The Morgan fingerprint density at radius 2 is 2.11 bits per heavy atom. The van der Waals surface area contributed by atoms with E-state index in [0.717, 1.165) is 24.0 Å². The van der Waals surface area contributed by atoms with E-state index in [1.54, 1.807) is 0 Å². The lowest BCUT2D eigenvalue weighted by molar-refractivity contribution is -0.124. The summed E-state index contributed by atoms with van der Waals surface area (Å²) in [4.78, 5) is 12.3. The Bertz CT molecular complexity index is 453. The van der Waals surface area contributed by atoms with E-state index in [4.69, 9.17) is 18.0 Å². The Labute approximate surface area is 113 Å². The molecule has 1 fully saturated rings. The molecule has 1 amide bonds. The number of benzene rings is 1. The molecular formula is C14H18N2OS. The van der Waals surface area contributed by atoms with Crippen molar-refractivity contribution in [3.63, 3.8) is 0 Å². The zero-order chi connectivity index (χ0) is 13.0. The van der Waals surface area contributed by atoms with Crippen molar-refractivity contribution in [1.29, 1.82) is 0 Å². The van der Waals surface area contributed by atoms with Crippen LogP contribution in [0.3, 0.4) is 0 Å². The van der Waals surface area contributed by atoms with Gasteiger partial charge in [0, 0.05) is 18.0 Å². The maximum atomic E-state index is 11.9. The smallest absolute Gasteiger partial charge is 0.223 e. The van der Waals surface area contributed by atoms with Crippen molar-refractivity contribution in [2.24, 2.45) is 11.7 Å². The summed E-state index contributed by atoms with van der Waals surface area (Å²) in [5, 5.41) is 2.98. The predicted octanol–water partition coefficient (Wildman–Crippen LogP) is 2.13. The van der Waals surface area contributed by atoms with Crippen LogP contribution in [0, 0.1) is 5.92 Å². The number of rotatable bonds is 4. The molecule has 3 nitrogen and oxygen atoms in total. The molecule has 1 aliphatic carbocycles. The molecular weight excluding hydrogens is 244 g/mol. The molecule has 18 heavy (non-hydrogen) atoms. The zero-order valence-corrected chi connectivity index (χ0v) is 11.1. The van der Waals surface area contributed by atoms with Crippen LogP contribution in [0.25, 0.3) is 0 Å². The van der Waals surface area contributed by atoms with Gasteiger partial charge >= 0.3 is 0 Å². The number of hydrogen-bond donors (Lipinski definition) is 2. The lowest BCUT2D eigenvalue weighted by Crippen LogP contribution is -2.28. The topological polar surface area (TPSA) is 55.1 Å². The zero-order valence-electron chi connectivity index (χ0n) is 10.3. The molecule has 0 unspecified atom stereocenters. The molecule has 0 aliphatic heterocycles. The van der Waals surface area contributed by atoms with Crippen LogP contribution in [-0.2, 0) is 11.3 Å². The summed E-state index contributed by atoms with van der Waals surface area (Å²) >= 11 is 4.94. The Hall–Kier alpha value is -1.42. The van der Waals surface area contributed by atoms with Gasteiger partial charge in [0.1, 0.15) is 4.99 Å². The fourth-order valence-electron chi connectivity index (χ4n) is 2.36. The number of nitrogens with one attached hydrogen (secondary N) is 1. The van der Waals surface area contributed by atoms with Crippen molar-refractivity contribution in [3.8, 4) is 0 Å². The van der Waals surface area contributed by atoms with Crippen molar-refractivity contribution in [3.05, 3.63) is 35.4 Å². The van der Waals surface area contributed by atoms with Gasteiger partial charge in [-0.25, -0.2) is 0 Å². The van der Waals surface area contributed by atoms with E-state index < -0.39 is 0 Å². The fourth-order valence-corrected chi connectivity index (χ4v) is 2.48. The van der Waals surface area contributed by atoms with Crippen LogP contribution >= 0.6 is 12.2 Å². The molecule has 0 saturated heterocycles. The summed E-state index contributed by atoms with van der Waals surface area (Å²) < 4.78 is 0. The van der Waals surface area contributed by atoms with Crippen LogP contribution in [0.1, 0.15) is 36.8 Å². The average Bonchev–Trinajstić information content (AvgIpc) is 2.90. The van der Waals surface area contributed by atoms with Gasteiger partial charge in [0.2, 0.25) is 5.91 Å². The van der Waals surface area contributed by atoms with E-state index in [1.165, 1.54) is 12.8 Å². The van der Waals surface area contributed by atoms with E-state index >= 15 is 0 Å². The van der Waals surface area contributed by atoms with Crippen LogP contribution in [0.2, 0.25) is 0 Å². The van der Waals surface area contributed by atoms with Crippen molar-refractivity contribution in [2.45, 2.75) is 32.2 Å². The molecule has 1 aromatic rings. The molecule has 0 bridgehead atoms. The Morgan fingerprint density at radius 1 is 1.39 bits per heavy atom. The van der Waals surface area contributed by atoms with E-state index in [2.05, 4.69) is 5.32 Å². The van der Waals surface area contributed by atoms with Crippen LogP contribution < -0.4 is 11.1 Å². The highest BCUT2D eigenvalue weighted by molar-refractivity contribution is 7.80. The monoisotopic (exact) mass is 262 g/mol. The number of carbonyl (C=O) groups is 1. The average molecular weight is 262 g/mol. The first-order chi connectivity index (χ1) is 8.66. The minimum absolute atomic E-state index is 0.174. The molecule has 0 spiro atoms. The van der Waals surface area contributed by atoms with Crippen LogP contribution in [-0.4, -0.2) is 10.9 Å². The minimum Gasteiger partial charge on any atom is -0.389 e. The number of thiocarbonyl (C=S) groups is 1. The normalized spacial score (nSPS) is 15.6. The molecule has 4 heteroatoms. The molecule has 1 saturated carbocycles. The van der Waals surface area contributed by atoms with Crippen molar-refractivity contribution in [1.82, 2.24) is 5.32 Å².